The van der Waals surface area contributed by atoms with Gasteiger partial charge >= 0.3 is 15.2 Å². The summed E-state index contributed by atoms with van der Waals surface area (Å²) in [7, 11) is -10.1. The van der Waals surface area contributed by atoms with Crippen molar-refractivity contribution in [2.45, 2.75) is 17.7 Å². The number of aromatic amines is 1. The predicted molar refractivity (Wildman–Crippen MR) is 79.4 cm³/mol. The van der Waals surface area contributed by atoms with E-state index >= 15 is 0 Å². The molecule has 22 heavy (non-hydrogen) atoms. The molecule has 0 bridgehead atoms. The summed E-state index contributed by atoms with van der Waals surface area (Å²) in [5.74, 6) is -1.01. The molecule has 120 valence electrons. The molecular weight excluding hydrogens is 330 g/mol. The molecule has 1 aromatic carbocycles. The molecule has 10 heteroatoms. The highest BCUT2D eigenvalue weighted by Crippen LogP contribution is 2.64. The molecule has 1 aromatic heterocycles. The number of H-pyrrole nitrogens is 1. The fourth-order valence-corrected chi connectivity index (χ4v) is 5.35. The Labute approximate surface area is 126 Å². The second kappa shape index (κ2) is 6.46. The lowest BCUT2D eigenvalue weighted by atomic mass is 10.0. The summed E-state index contributed by atoms with van der Waals surface area (Å²) in [5, 5.41) is -2.15. The second-order valence-corrected chi connectivity index (χ2v) is 8.74. The topological polar surface area (TPSA) is 144 Å². The first-order chi connectivity index (χ1) is 10.2. The monoisotopic (exact) mass is 346 g/mol. The molecule has 0 aliphatic rings. The van der Waals surface area contributed by atoms with Crippen molar-refractivity contribution in [3.05, 3.63) is 54.1 Å². The van der Waals surface area contributed by atoms with Crippen LogP contribution in [0.2, 0.25) is 0 Å². The highest BCUT2D eigenvalue weighted by Gasteiger charge is 2.50. The van der Waals surface area contributed by atoms with E-state index in [0.717, 1.165) is 0 Å². The zero-order valence-electron chi connectivity index (χ0n) is 11.4. The molecule has 2 rings (SSSR count). The van der Waals surface area contributed by atoms with Crippen molar-refractivity contribution in [2.75, 3.05) is 0 Å². The molecule has 8 nitrogen and oxygen atoms in total. The van der Waals surface area contributed by atoms with Crippen molar-refractivity contribution in [2.24, 2.45) is 0 Å². The first-order valence-corrected chi connectivity index (χ1v) is 9.69. The van der Waals surface area contributed by atoms with E-state index in [4.69, 9.17) is 0 Å². The van der Waals surface area contributed by atoms with E-state index in [0.29, 0.717) is 5.56 Å². The molecule has 1 unspecified atom stereocenters. The summed E-state index contributed by atoms with van der Waals surface area (Å²) in [6.07, 6.45) is 2.84. The van der Waals surface area contributed by atoms with E-state index in [1.807, 2.05) is 0 Å². The maximum atomic E-state index is 11.7. The maximum absolute atomic E-state index is 11.7. The van der Waals surface area contributed by atoms with Crippen LogP contribution in [0, 0.1) is 0 Å². The molecule has 1 atom stereocenters. The Hall–Kier alpha value is -1.27. The maximum Gasteiger partial charge on any atom is 0.341 e. The number of nitrogens with one attached hydrogen (secondary N) is 1. The van der Waals surface area contributed by atoms with E-state index in [-0.39, 0.29) is 12.2 Å². The Kier molecular flexibility index (Phi) is 5.02. The lowest BCUT2D eigenvalue weighted by Gasteiger charge is -2.27. The normalized spacial score (nSPS) is 14.2. The number of hydrogen-bond donors (Lipinski definition) is 5. The minimum Gasteiger partial charge on any atom is -0.348 e. The van der Waals surface area contributed by atoms with Gasteiger partial charge in [-0.15, -0.1) is 0 Å². The van der Waals surface area contributed by atoms with Gasteiger partial charge < -0.3 is 24.6 Å². The van der Waals surface area contributed by atoms with Gasteiger partial charge in [0.25, 0.3) is 0 Å². The van der Waals surface area contributed by atoms with Crippen LogP contribution >= 0.6 is 15.2 Å². The highest BCUT2D eigenvalue weighted by molar-refractivity contribution is 7.70. The predicted octanol–water partition coefficient (Wildman–Crippen LogP) is 1.42. The van der Waals surface area contributed by atoms with Crippen molar-refractivity contribution >= 4 is 15.2 Å². The van der Waals surface area contributed by atoms with E-state index in [2.05, 4.69) is 9.97 Å². The fraction of sp³-hybridized carbons (Fsp3) is 0.250. The Morgan fingerprint density at radius 3 is 2.09 bits per heavy atom. The van der Waals surface area contributed by atoms with Crippen molar-refractivity contribution in [1.82, 2.24) is 9.97 Å². The number of benzene rings is 1. The van der Waals surface area contributed by atoms with Crippen LogP contribution in [0.25, 0.3) is 0 Å². The third kappa shape index (κ3) is 4.14. The molecule has 0 spiro atoms. The molecule has 0 saturated heterocycles. The minimum atomic E-state index is -5.05. The van der Waals surface area contributed by atoms with Crippen molar-refractivity contribution in [3.8, 4) is 0 Å². The Bertz CT molecular complexity index is 672. The Balaban J connectivity index is 2.48. The minimum absolute atomic E-state index is 0.0369. The summed E-state index contributed by atoms with van der Waals surface area (Å²) in [6.45, 7) is 0. The van der Waals surface area contributed by atoms with Crippen molar-refractivity contribution in [1.29, 1.82) is 0 Å². The molecule has 0 saturated carbocycles. The highest BCUT2D eigenvalue weighted by atomic mass is 31.2. The van der Waals surface area contributed by atoms with Gasteiger partial charge in [-0.2, -0.15) is 0 Å². The molecule has 5 N–H and O–H groups in total. The Morgan fingerprint density at radius 1 is 1.05 bits per heavy atom. The Morgan fingerprint density at radius 2 is 1.64 bits per heavy atom. The summed E-state index contributed by atoms with van der Waals surface area (Å²) in [4.78, 5) is 44.4. The van der Waals surface area contributed by atoms with Gasteiger partial charge in [0.15, 0.2) is 5.40 Å². The molecular formula is C12H16N2O6P2. The summed E-state index contributed by atoms with van der Waals surface area (Å²) < 4.78 is 23.3. The number of imidazole rings is 1. The zero-order chi connectivity index (χ0) is 16.4. The molecule has 0 aliphatic carbocycles. The van der Waals surface area contributed by atoms with Gasteiger partial charge in [0, 0.05) is 18.3 Å². The van der Waals surface area contributed by atoms with Gasteiger partial charge in [-0.25, -0.2) is 4.98 Å². The number of hydrogen-bond acceptors (Lipinski definition) is 3. The van der Waals surface area contributed by atoms with E-state index in [1.54, 1.807) is 30.3 Å². The van der Waals surface area contributed by atoms with Crippen molar-refractivity contribution < 1.29 is 28.7 Å². The average Bonchev–Trinajstić information content (AvgIpc) is 2.89. The van der Waals surface area contributed by atoms with Gasteiger partial charge in [-0.3, -0.25) is 9.13 Å². The molecule has 0 aliphatic heterocycles. The molecule has 2 aromatic rings. The van der Waals surface area contributed by atoms with Crippen LogP contribution in [0.4, 0.5) is 0 Å². The quantitative estimate of drug-likeness (QED) is 0.498. The van der Waals surface area contributed by atoms with Crippen LogP contribution in [-0.2, 0) is 15.6 Å². The summed E-state index contributed by atoms with van der Waals surface area (Å²) in [5.41, 5.74) is 0.691. The largest absolute Gasteiger partial charge is 0.348 e. The van der Waals surface area contributed by atoms with E-state index < -0.39 is 26.5 Å². The van der Waals surface area contributed by atoms with Crippen LogP contribution in [0.3, 0.4) is 0 Å². The first kappa shape index (κ1) is 17.1. The van der Waals surface area contributed by atoms with Gasteiger partial charge in [-0.1, -0.05) is 30.3 Å². The van der Waals surface area contributed by atoms with Crippen LogP contribution in [0.5, 0.6) is 0 Å². The van der Waals surface area contributed by atoms with Gasteiger partial charge in [-0.05, 0) is 12.0 Å². The third-order valence-electron chi connectivity index (χ3n) is 3.22. The molecule has 0 fully saturated rings. The van der Waals surface area contributed by atoms with Crippen LogP contribution in [0.15, 0.2) is 42.7 Å². The lowest BCUT2D eigenvalue weighted by molar-refractivity contribution is 0.327. The van der Waals surface area contributed by atoms with Crippen LogP contribution in [-0.4, -0.2) is 34.9 Å². The van der Waals surface area contributed by atoms with Crippen LogP contribution < -0.4 is 0 Å². The first-order valence-electron chi connectivity index (χ1n) is 6.33. The third-order valence-corrected chi connectivity index (χ3v) is 7.12. The SMILES string of the molecule is O=P(O)(O)C(C(Cc1ccccc1)c1ncc[nH]1)P(=O)(O)O. The summed E-state index contributed by atoms with van der Waals surface area (Å²) in [6, 6.07) is 8.67. The molecule has 0 amide bonds. The van der Waals surface area contributed by atoms with E-state index in [9.17, 15) is 28.7 Å². The summed E-state index contributed by atoms with van der Waals surface area (Å²) >= 11 is 0. The molecule has 1 heterocycles. The van der Waals surface area contributed by atoms with Gasteiger partial charge in [0.2, 0.25) is 0 Å². The van der Waals surface area contributed by atoms with Gasteiger partial charge in [0.05, 0.1) is 0 Å². The van der Waals surface area contributed by atoms with Gasteiger partial charge in [0.1, 0.15) is 5.82 Å². The van der Waals surface area contributed by atoms with Crippen LogP contribution in [0.1, 0.15) is 17.3 Å². The zero-order valence-corrected chi connectivity index (χ0v) is 13.1. The fourth-order valence-electron chi connectivity index (χ4n) is 2.36. The smallest absolute Gasteiger partial charge is 0.341 e. The average molecular weight is 346 g/mol. The lowest BCUT2D eigenvalue weighted by Crippen LogP contribution is -2.23. The van der Waals surface area contributed by atoms with E-state index in [1.165, 1.54) is 12.4 Å². The molecule has 0 radical (unpaired) electrons. The number of rotatable bonds is 6. The van der Waals surface area contributed by atoms with Crippen molar-refractivity contribution in [3.63, 3.8) is 0 Å². The number of nitrogens with zero attached hydrogens (tertiary/aromatic N) is 1. The number of aromatic nitrogens is 2. The standard InChI is InChI=1S/C12H16N2O6P2/c15-21(16,17)12(22(18,19)20)10(11-13-6-7-14-11)8-9-4-2-1-3-5-9/h1-7,10,12H,8H2,(H,13,14)(H2,15,16,17)(H2,18,19,20). The second-order valence-electron chi connectivity index (χ2n) is 4.86.